The first kappa shape index (κ1) is 19.9. The first-order valence-electron chi connectivity index (χ1n) is 8.12. The Hall–Kier alpha value is -2.85. The number of nitrogens with one attached hydrogen (secondary N) is 2. The number of hydrogen-bond acceptors (Lipinski definition) is 6. The zero-order valence-electron chi connectivity index (χ0n) is 14.6. The molecule has 1 aliphatic rings. The van der Waals surface area contributed by atoms with E-state index in [1.54, 1.807) is 12.1 Å². The summed E-state index contributed by atoms with van der Waals surface area (Å²) in [5.74, 6) is -1.19. The predicted molar refractivity (Wildman–Crippen MR) is 103 cm³/mol. The number of carbonyl (C=O) groups is 1. The quantitative estimate of drug-likeness (QED) is 0.518. The van der Waals surface area contributed by atoms with Crippen molar-refractivity contribution < 1.29 is 22.9 Å². The number of ether oxygens (including phenoxy) is 1. The third kappa shape index (κ3) is 4.18. The maximum atomic E-state index is 12.8. The number of hydrogen-bond donors (Lipinski definition) is 2. The summed E-state index contributed by atoms with van der Waals surface area (Å²) in [5, 5.41) is 13.4. The Morgan fingerprint density at radius 3 is 2.61 bits per heavy atom. The predicted octanol–water partition coefficient (Wildman–Crippen LogP) is 2.75. The zero-order valence-corrected chi connectivity index (χ0v) is 16.2. The summed E-state index contributed by atoms with van der Waals surface area (Å²) in [6.07, 6.45) is 0.161. The highest BCUT2D eigenvalue weighted by Gasteiger charge is 2.53. The van der Waals surface area contributed by atoms with Gasteiger partial charge < -0.3 is 10.1 Å². The van der Waals surface area contributed by atoms with Crippen LogP contribution in [0.2, 0.25) is 5.02 Å². The maximum Gasteiger partial charge on any atom is 0.265 e. The number of para-hydroxylation sites is 1. The fraction of sp³-hybridized carbons (Fsp3) is 0.235. The zero-order chi connectivity index (χ0) is 20.5. The fourth-order valence-electron chi connectivity index (χ4n) is 2.64. The molecule has 0 heterocycles. The van der Waals surface area contributed by atoms with E-state index < -0.39 is 32.8 Å². The van der Waals surface area contributed by atoms with Crippen LogP contribution in [-0.2, 0) is 14.8 Å². The van der Waals surface area contributed by atoms with Crippen LogP contribution in [0.15, 0.2) is 47.4 Å². The van der Waals surface area contributed by atoms with E-state index in [1.807, 2.05) is 0 Å². The van der Waals surface area contributed by atoms with Gasteiger partial charge in [-0.2, -0.15) is 0 Å². The van der Waals surface area contributed by atoms with Gasteiger partial charge in [-0.3, -0.25) is 19.6 Å². The molecule has 0 aromatic heterocycles. The largest absolute Gasteiger partial charge is 0.495 e. The molecule has 9 nitrogen and oxygen atoms in total. The lowest BCUT2D eigenvalue weighted by atomic mass is 10.3. The van der Waals surface area contributed by atoms with Crippen LogP contribution < -0.4 is 14.8 Å². The van der Waals surface area contributed by atoms with Crippen molar-refractivity contribution in [3.63, 3.8) is 0 Å². The van der Waals surface area contributed by atoms with Crippen molar-refractivity contribution in [3.8, 4) is 5.75 Å². The third-order valence-electron chi connectivity index (χ3n) is 4.20. The van der Waals surface area contributed by atoms with Crippen molar-refractivity contribution in [1.29, 1.82) is 0 Å². The lowest BCUT2D eigenvalue weighted by Crippen LogP contribution is -2.19. The Kier molecular flexibility index (Phi) is 5.43. The van der Waals surface area contributed by atoms with Gasteiger partial charge in [0.15, 0.2) is 0 Å². The van der Waals surface area contributed by atoms with Gasteiger partial charge in [0.05, 0.1) is 17.8 Å². The molecule has 1 fully saturated rings. The number of rotatable bonds is 7. The van der Waals surface area contributed by atoms with E-state index in [0.29, 0.717) is 0 Å². The van der Waals surface area contributed by atoms with Gasteiger partial charge in [-0.15, -0.1) is 0 Å². The molecule has 0 spiro atoms. The molecule has 1 saturated carbocycles. The SMILES string of the molecule is COc1ccc(NC(=O)[C@H]2C[C@H]2[N+](=O)[O-])cc1S(=O)(=O)Nc1ccccc1Cl. The number of anilines is 2. The van der Waals surface area contributed by atoms with E-state index in [2.05, 4.69) is 10.0 Å². The van der Waals surface area contributed by atoms with Crippen molar-refractivity contribution in [2.45, 2.75) is 17.4 Å². The molecule has 3 rings (SSSR count). The second kappa shape index (κ2) is 7.64. The second-order valence-electron chi connectivity index (χ2n) is 6.14. The smallest absolute Gasteiger partial charge is 0.265 e. The van der Waals surface area contributed by atoms with E-state index in [0.717, 1.165) is 0 Å². The van der Waals surface area contributed by atoms with Crippen molar-refractivity contribution in [2.24, 2.45) is 5.92 Å². The fourth-order valence-corrected chi connectivity index (χ4v) is 4.15. The minimum atomic E-state index is -4.08. The summed E-state index contributed by atoms with van der Waals surface area (Å²) in [6, 6.07) is 9.48. The molecule has 0 saturated heterocycles. The summed E-state index contributed by atoms with van der Waals surface area (Å²) in [7, 11) is -2.77. The van der Waals surface area contributed by atoms with Crippen LogP contribution in [0.1, 0.15) is 6.42 Å². The highest BCUT2D eigenvalue weighted by molar-refractivity contribution is 7.92. The number of carbonyl (C=O) groups excluding carboxylic acids is 1. The van der Waals surface area contributed by atoms with E-state index in [-0.39, 0.29) is 33.5 Å². The van der Waals surface area contributed by atoms with Gasteiger partial charge in [-0.05, 0) is 30.3 Å². The Labute approximate surface area is 165 Å². The van der Waals surface area contributed by atoms with E-state index >= 15 is 0 Å². The van der Waals surface area contributed by atoms with Crippen LogP contribution in [0.3, 0.4) is 0 Å². The molecule has 2 N–H and O–H groups in total. The summed E-state index contributed by atoms with van der Waals surface area (Å²) >= 11 is 6.00. The molecule has 0 aliphatic heterocycles. The highest BCUT2D eigenvalue weighted by Crippen LogP contribution is 2.35. The molecule has 11 heteroatoms. The highest BCUT2D eigenvalue weighted by atomic mass is 35.5. The lowest BCUT2D eigenvalue weighted by Gasteiger charge is -2.14. The Morgan fingerprint density at radius 1 is 1.29 bits per heavy atom. The molecule has 28 heavy (non-hydrogen) atoms. The van der Waals surface area contributed by atoms with Crippen LogP contribution >= 0.6 is 11.6 Å². The van der Waals surface area contributed by atoms with Crippen molar-refractivity contribution in [2.75, 3.05) is 17.1 Å². The van der Waals surface area contributed by atoms with Crippen LogP contribution in [0.5, 0.6) is 5.75 Å². The van der Waals surface area contributed by atoms with Crippen LogP contribution in [-0.4, -0.2) is 32.4 Å². The van der Waals surface area contributed by atoms with Gasteiger partial charge in [-0.1, -0.05) is 23.7 Å². The number of benzene rings is 2. The van der Waals surface area contributed by atoms with Gasteiger partial charge in [-0.25, -0.2) is 8.42 Å². The summed E-state index contributed by atoms with van der Waals surface area (Å²) in [5.41, 5.74) is 0.367. The molecule has 1 amide bonds. The van der Waals surface area contributed by atoms with Crippen LogP contribution in [0.4, 0.5) is 11.4 Å². The van der Waals surface area contributed by atoms with Crippen molar-refractivity contribution >= 4 is 38.9 Å². The van der Waals surface area contributed by atoms with Crippen molar-refractivity contribution in [1.82, 2.24) is 0 Å². The number of methoxy groups -OCH3 is 1. The molecular formula is C17H16ClN3O6S. The molecule has 1 aliphatic carbocycles. The summed E-state index contributed by atoms with van der Waals surface area (Å²) < 4.78 is 33.1. The number of halogens is 1. The van der Waals surface area contributed by atoms with Gasteiger partial charge >= 0.3 is 0 Å². The Balaban J connectivity index is 1.86. The summed E-state index contributed by atoms with van der Waals surface area (Å²) in [6.45, 7) is 0. The van der Waals surface area contributed by atoms with Gasteiger partial charge in [0, 0.05) is 17.0 Å². The number of nitrogens with zero attached hydrogens (tertiary/aromatic N) is 1. The number of amides is 1. The van der Waals surface area contributed by atoms with Gasteiger partial charge in [0.25, 0.3) is 10.0 Å². The van der Waals surface area contributed by atoms with E-state index in [1.165, 1.54) is 37.4 Å². The molecular weight excluding hydrogens is 410 g/mol. The maximum absolute atomic E-state index is 12.8. The molecule has 0 unspecified atom stereocenters. The minimum Gasteiger partial charge on any atom is -0.495 e. The standard InChI is InChI=1S/C17H16ClN3O6S/c1-27-15-7-6-10(19-17(22)11-9-14(11)21(23)24)8-16(15)28(25,26)20-13-5-3-2-4-12(13)18/h2-8,11,14,20H,9H2,1H3,(H,19,22)/t11-,14+/m0/s1. The van der Waals surface area contributed by atoms with E-state index in [4.69, 9.17) is 16.3 Å². The number of nitro groups is 1. The van der Waals surface area contributed by atoms with Gasteiger partial charge in [0.2, 0.25) is 11.9 Å². The van der Waals surface area contributed by atoms with Crippen LogP contribution in [0, 0.1) is 16.0 Å². The minimum absolute atomic E-state index is 0.0622. The van der Waals surface area contributed by atoms with Crippen LogP contribution in [0.25, 0.3) is 0 Å². The average molecular weight is 426 g/mol. The number of sulfonamides is 1. The molecule has 2 atom stereocenters. The molecule has 0 bridgehead atoms. The first-order valence-corrected chi connectivity index (χ1v) is 9.99. The average Bonchev–Trinajstić information content (AvgIpc) is 3.45. The molecule has 0 radical (unpaired) electrons. The van der Waals surface area contributed by atoms with E-state index in [9.17, 15) is 23.3 Å². The molecule has 2 aromatic rings. The van der Waals surface area contributed by atoms with Crippen molar-refractivity contribution in [3.05, 3.63) is 57.6 Å². The second-order valence-corrected chi connectivity index (χ2v) is 8.19. The lowest BCUT2D eigenvalue weighted by molar-refractivity contribution is -0.497. The monoisotopic (exact) mass is 425 g/mol. The molecule has 148 valence electrons. The Morgan fingerprint density at radius 2 is 2.00 bits per heavy atom. The summed E-state index contributed by atoms with van der Waals surface area (Å²) in [4.78, 5) is 22.1. The van der Waals surface area contributed by atoms with Gasteiger partial charge in [0.1, 0.15) is 16.6 Å². The first-order chi connectivity index (χ1) is 13.2. The molecule has 2 aromatic carbocycles. The normalized spacial score (nSPS) is 18.2. The third-order valence-corrected chi connectivity index (χ3v) is 5.92. The Bertz CT molecular complexity index is 1040. The topological polar surface area (TPSA) is 128 Å².